The van der Waals surface area contributed by atoms with Gasteiger partial charge in [-0.25, -0.2) is 9.97 Å². The van der Waals surface area contributed by atoms with Gasteiger partial charge in [-0.3, -0.25) is 9.59 Å². The van der Waals surface area contributed by atoms with E-state index >= 15 is 0 Å². The van der Waals surface area contributed by atoms with Gasteiger partial charge in [-0.2, -0.15) is 0 Å². The molecule has 1 aliphatic rings. The Balaban J connectivity index is 1.91. The molecule has 0 radical (unpaired) electrons. The third kappa shape index (κ3) is 2.35. The van der Waals surface area contributed by atoms with Gasteiger partial charge in [-0.1, -0.05) is 18.2 Å². The van der Waals surface area contributed by atoms with Crippen molar-refractivity contribution in [3.05, 3.63) is 54.1 Å². The molecule has 0 saturated heterocycles. The van der Waals surface area contributed by atoms with E-state index in [-0.39, 0.29) is 18.4 Å². The van der Waals surface area contributed by atoms with Crippen LogP contribution >= 0.6 is 0 Å². The standard InChI is InChI=1S/C14H12N4O2/c19-13-8-18(14(20)11-5-15-9-16-6-11)7-10-3-1-2-4-12(10)17-13/h1-6,9H,7-8H2,(H,17,19). The number of aromatic nitrogens is 2. The quantitative estimate of drug-likeness (QED) is 0.839. The molecule has 1 aromatic heterocycles. The number of amides is 2. The van der Waals surface area contributed by atoms with Crippen LogP contribution in [0.1, 0.15) is 15.9 Å². The van der Waals surface area contributed by atoms with Crippen molar-refractivity contribution < 1.29 is 9.59 Å². The predicted molar refractivity (Wildman–Crippen MR) is 71.8 cm³/mol. The van der Waals surface area contributed by atoms with Gasteiger partial charge in [0.2, 0.25) is 5.91 Å². The first-order valence-corrected chi connectivity index (χ1v) is 6.16. The zero-order chi connectivity index (χ0) is 13.9. The van der Waals surface area contributed by atoms with E-state index < -0.39 is 0 Å². The van der Waals surface area contributed by atoms with Crippen LogP contribution in [0.2, 0.25) is 0 Å². The van der Waals surface area contributed by atoms with Crippen LogP contribution in [0.5, 0.6) is 0 Å². The molecule has 0 spiro atoms. The van der Waals surface area contributed by atoms with Crippen LogP contribution in [0.15, 0.2) is 43.0 Å². The third-order valence-electron chi connectivity index (χ3n) is 3.08. The van der Waals surface area contributed by atoms with E-state index in [0.717, 1.165) is 11.3 Å². The van der Waals surface area contributed by atoms with Crippen molar-refractivity contribution in [3.63, 3.8) is 0 Å². The zero-order valence-corrected chi connectivity index (χ0v) is 10.6. The number of nitrogens with one attached hydrogen (secondary N) is 1. The molecule has 1 N–H and O–H groups in total. The van der Waals surface area contributed by atoms with E-state index in [0.29, 0.717) is 12.1 Å². The average Bonchev–Trinajstić information content (AvgIpc) is 2.65. The molecule has 3 rings (SSSR count). The fraction of sp³-hybridized carbons (Fsp3) is 0.143. The Hall–Kier alpha value is -2.76. The number of carbonyl (C=O) groups excluding carboxylic acids is 2. The fourth-order valence-electron chi connectivity index (χ4n) is 2.14. The Labute approximate surface area is 115 Å². The van der Waals surface area contributed by atoms with Crippen molar-refractivity contribution in [3.8, 4) is 0 Å². The van der Waals surface area contributed by atoms with Crippen LogP contribution in [-0.2, 0) is 11.3 Å². The topological polar surface area (TPSA) is 75.2 Å². The lowest BCUT2D eigenvalue weighted by molar-refractivity contribution is -0.116. The molecule has 6 nitrogen and oxygen atoms in total. The smallest absolute Gasteiger partial charge is 0.257 e. The SMILES string of the molecule is O=C1CN(C(=O)c2cncnc2)Cc2ccccc2N1. The highest BCUT2D eigenvalue weighted by molar-refractivity contribution is 6.00. The lowest BCUT2D eigenvalue weighted by Gasteiger charge is -2.19. The summed E-state index contributed by atoms with van der Waals surface area (Å²) in [5, 5.41) is 2.79. The summed E-state index contributed by atoms with van der Waals surface area (Å²) in [5.74, 6) is -0.461. The normalized spacial score (nSPS) is 14.2. The minimum absolute atomic E-state index is 0.0163. The Bertz CT molecular complexity index is 657. The molecule has 1 aliphatic heterocycles. The number of anilines is 1. The Morgan fingerprint density at radius 2 is 1.90 bits per heavy atom. The molecule has 2 aromatic rings. The van der Waals surface area contributed by atoms with Crippen LogP contribution in [0.4, 0.5) is 5.69 Å². The number of hydrogen-bond donors (Lipinski definition) is 1. The van der Waals surface area contributed by atoms with E-state index in [1.54, 1.807) is 0 Å². The fourth-order valence-corrected chi connectivity index (χ4v) is 2.14. The van der Waals surface area contributed by atoms with Gasteiger partial charge in [0.1, 0.15) is 12.9 Å². The molecule has 1 aromatic carbocycles. The molecule has 6 heteroatoms. The largest absolute Gasteiger partial charge is 0.325 e. The molecule has 0 atom stereocenters. The second-order valence-electron chi connectivity index (χ2n) is 4.49. The zero-order valence-electron chi connectivity index (χ0n) is 10.6. The highest BCUT2D eigenvalue weighted by Gasteiger charge is 2.24. The van der Waals surface area contributed by atoms with Crippen molar-refractivity contribution in [1.82, 2.24) is 14.9 Å². The minimum Gasteiger partial charge on any atom is -0.325 e. The molecule has 0 saturated carbocycles. The van der Waals surface area contributed by atoms with Crippen LogP contribution in [0, 0.1) is 0 Å². The van der Waals surface area contributed by atoms with Crippen LogP contribution in [0.3, 0.4) is 0 Å². The van der Waals surface area contributed by atoms with E-state index in [4.69, 9.17) is 0 Å². The van der Waals surface area contributed by atoms with Crippen LogP contribution < -0.4 is 5.32 Å². The lowest BCUT2D eigenvalue weighted by atomic mass is 10.1. The number of rotatable bonds is 1. The predicted octanol–water partition coefficient (Wildman–Crippen LogP) is 1.07. The number of carbonyl (C=O) groups is 2. The van der Waals surface area contributed by atoms with Gasteiger partial charge in [0.05, 0.1) is 5.56 Å². The molecule has 2 amide bonds. The number of fused-ring (bicyclic) bond motifs is 1. The van der Waals surface area contributed by atoms with Gasteiger partial charge in [-0.15, -0.1) is 0 Å². The maximum absolute atomic E-state index is 12.4. The van der Waals surface area contributed by atoms with Crippen molar-refractivity contribution >= 4 is 17.5 Å². The summed E-state index contributed by atoms with van der Waals surface area (Å²) in [5.41, 5.74) is 2.03. The van der Waals surface area contributed by atoms with Gasteiger partial charge in [0, 0.05) is 24.6 Å². The number of nitrogens with zero attached hydrogens (tertiary/aromatic N) is 3. The summed E-state index contributed by atoms with van der Waals surface area (Å²) < 4.78 is 0. The van der Waals surface area contributed by atoms with Gasteiger partial charge >= 0.3 is 0 Å². The highest BCUT2D eigenvalue weighted by atomic mass is 16.2. The van der Waals surface area contributed by atoms with Crippen molar-refractivity contribution in [2.45, 2.75) is 6.54 Å². The van der Waals surface area contributed by atoms with E-state index in [2.05, 4.69) is 15.3 Å². The van der Waals surface area contributed by atoms with Crippen molar-refractivity contribution in [2.75, 3.05) is 11.9 Å². The average molecular weight is 268 g/mol. The van der Waals surface area contributed by atoms with Gasteiger partial charge in [0.25, 0.3) is 5.91 Å². The molecule has 2 heterocycles. The van der Waals surface area contributed by atoms with E-state index in [1.807, 2.05) is 24.3 Å². The summed E-state index contributed by atoms with van der Waals surface area (Å²) in [6.45, 7) is 0.394. The van der Waals surface area contributed by atoms with Crippen LogP contribution in [0.25, 0.3) is 0 Å². The van der Waals surface area contributed by atoms with Gasteiger partial charge in [-0.05, 0) is 11.6 Å². The third-order valence-corrected chi connectivity index (χ3v) is 3.08. The van der Waals surface area contributed by atoms with Crippen molar-refractivity contribution in [2.24, 2.45) is 0 Å². The number of benzene rings is 1. The van der Waals surface area contributed by atoms with Crippen LogP contribution in [-0.4, -0.2) is 33.2 Å². The molecule has 0 fully saturated rings. The summed E-state index contributed by atoms with van der Waals surface area (Å²) >= 11 is 0. The number of para-hydroxylation sites is 1. The Morgan fingerprint density at radius 1 is 1.15 bits per heavy atom. The van der Waals surface area contributed by atoms with E-state index in [9.17, 15) is 9.59 Å². The molecule has 0 bridgehead atoms. The second-order valence-corrected chi connectivity index (χ2v) is 4.49. The molecular weight excluding hydrogens is 256 g/mol. The van der Waals surface area contributed by atoms with Gasteiger partial charge in [0.15, 0.2) is 0 Å². The monoisotopic (exact) mass is 268 g/mol. The minimum atomic E-state index is -0.252. The first-order valence-electron chi connectivity index (χ1n) is 6.16. The summed E-state index contributed by atoms with van der Waals surface area (Å²) in [6.07, 6.45) is 4.26. The molecule has 0 aliphatic carbocycles. The maximum Gasteiger partial charge on any atom is 0.257 e. The summed E-state index contributed by atoms with van der Waals surface area (Å²) in [4.78, 5) is 33.4. The number of hydrogen-bond acceptors (Lipinski definition) is 4. The second kappa shape index (κ2) is 5.08. The van der Waals surface area contributed by atoms with Gasteiger partial charge < -0.3 is 10.2 Å². The summed E-state index contributed by atoms with van der Waals surface area (Å²) in [7, 11) is 0. The molecular formula is C14H12N4O2. The summed E-state index contributed by atoms with van der Waals surface area (Å²) in [6, 6.07) is 7.45. The maximum atomic E-state index is 12.4. The Kier molecular flexibility index (Phi) is 3.12. The highest BCUT2D eigenvalue weighted by Crippen LogP contribution is 2.21. The Morgan fingerprint density at radius 3 is 2.70 bits per heavy atom. The first kappa shape index (κ1) is 12.3. The lowest BCUT2D eigenvalue weighted by Crippen LogP contribution is -2.35. The van der Waals surface area contributed by atoms with E-state index in [1.165, 1.54) is 23.6 Å². The molecule has 100 valence electrons. The van der Waals surface area contributed by atoms with Crippen molar-refractivity contribution in [1.29, 1.82) is 0 Å². The molecule has 20 heavy (non-hydrogen) atoms. The molecule has 0 unspecified atom stereocenters. The first-order chi connectivity index (χ1) is 9.74.